The summed E-state index contributed by atoms with van der Waals surface area (Å²) >= 11 is 0. The topological polar surface area (TPSA) is 57.6 Å². The van der Waals surface area contributed by atoms with E-state index in [1.54, 1.807) is 4.90 Å². The lowest BCUT2D eigenvalue weighted by Crippen LogP contribution is -2.36. The number of likely N-dealkylation sites (tertiary alicyclic amines) is 1. The Morgan fingerprint density at radius 2 is 2.00 bits per heavy atom. The van der Waals surface area contributed by atoms with Crippen molar-refractivity contribution in [1.29, 1.82) is 0 Å². The molecule has 0 saturated carbocycles. The number of carboxylic acid groups (broad SMARTS) is 1. The minimum atomic E-state index is -0.838. The highest BCUT2D eigenvalue weighted by atomic mass is 16.4. The molecule has 124 valence electrons. The molecule has 2 rings (SSSR count). The fourth-order valence-electron chi connectivity index (χ4n) is 2.98. The summed E-state index contributed by atoms with van der Waals surface area (Å²) < 4.78 is 0. The molecule has 0 bridgehead atoms. The van der Waals surface area contributed by atoms with Gasteiger partial charge in [-0.2, -0.15) is 0 Å². The molecule has 1 atom stereocenters. The minimum absolute atomic E-state index is 0.0174. The zero-order valence-corrected chi connectivity index (χ0v) is 13.9. The first-order valence-corrected chi connectivity index (χ1v) is 8.25. The summed E-state index contributed by atoms with van der Waals surface area (Å²) in [7, 11) is 0. The SMILES string of the molecule is CC(C)c1ccc(/C=C/CC(=O)N2CCCC2CC(=O)O)cc1. The molecule has 1 fully saturated rings. The molecule has 1 aromatic carbocycles. The monoisotopic (exact) mass is 315 g/mol. The van der Waals surface area contributed by atoms with Gasteiger partial charge in [0.15, 0.2) is 0 Å². The highest BCUT2D eigenvalue weighted by molar-refractivity contribution is 5.80. The highest BCUT2D eigenvalue weighted by Crippen LogP contribution is 2.21. The van der Waals surface area contributed by atoms with Crippen molar-refractivity contribution in [2.45, 2.75) is 51.5 Å². The van der Waals surface area contributed by atoms with Gasteiger partial charge in [0.05, 0.1) is 6.42 Å². The van der Waals surface area contributed by atoms with E-state index < -0.39 is 5.97 Å². The van der Waals surface area contributed by atoms with E-state index in [0.717, 1.165) is 18.4 Å². The first-order chi connectivity index (χ1) is 11.0. The average molecular weight is 315 g/mol. The Bertz CT molecular complexity index is 575. The zero-order valence-electron chi connectivity index (χ0n) is 13.9. The average Bonchev–Trinajstić information content (AvgIpc) is 2.95. The molecule has 1 aromatic rings. The maximum atomic E-state index is 12.3. The first-order valence-electron chi connectivity index (χ1n) is 8.25. The van der Waals surface area contributed by atoms with Gasteiger partial charge in [-0.25, -0.2) is 0 Å². The molecule has 4 heteroatoms. The highest BCUT2D eigenvalue weighted by Gasteiger charge is 2.29. The van der Waals surface area contributed by atoms with E-state index in [-0.39, 0.29) is 18.4 Å². The number of carbonyl (C=O) groups excluding carboxylic acids is 1. The van der Waals surface area contributed by atoms with Crippen molar-refractivity contribution in [1.82, 2.24) is 4.90 Å². The maximum Gasteiger partial charge on any atom is 0.305 e. The van der Waals surface area contributed by atoms with Crippen molar-refractivity contribution >= 4 is 18.0 Å². The van der Waals surface area contributed by atoms with Crippen LogP contribution in [0.15, 0.2) is 30.3 Å². The maximum absolute atomic E-state index is 12.3. The Morgan fingerprint density at radius 1 is 1.30 bits per heavy atom. The summed E-state index contributed by atoms with van der Waals surface area (Å²) in [6, 6.07) is 8.18. The van der Waals surface area contributed by atoms with E-state index in [2.05, 4.69) is 38.1 Å². The molecule has 1 unspecified atom stereocenters. The zero-order chi connectivity index (χ0) is 16.8. The second-order valence-electron chi connectivity index (χ2n) is 6.41. The standard InChI is InChI=1S/C19H25NO3/c1-14(2)16-10-8-15(9-11-16)5-3-7-18(21)20-12-4-6-17(20)13-19(22)23/h3,5,8-11,14,17H,4,6-7,12-13H2,1-2H3,(H,22,23)/b5-3+. The minimum Gasteiger partial charge on any atom is -0.481 e. The number of carbonyl (C=O) groups is 2. The van der Waals surface area contributed by atoms with Crippen molar-refractivity contribution in [3.8, 4) is 0 Å². The smallest absolute Gasteiger partial charge is 0.305 e. The Hall–Kier alpha value is -2.10. The molecule has 1 saturated heterocycles. The molecule has 0 aromatic heterocycles. The van der Waals surface area contributed by atoms with Crippen molar-refractivity contribution in [3.63, 3.8) is 0 Å². The van der Waals surface area contributed by atoms with Gasteiger partial charge < -0.3 is 10.0 Å². The quantitative estimate of drug-likeness (QED) is 0.871. The summed E-state index contributed by atoms with van der Waals surface area (Å²) in [6.07, 6.45) is 5.86. The first kappa shape index (κ1) is 17.3. The molecule has 0 aliphatic carbocycles. The molecule has 1 aliphatic heterocycles. The molecule has 1 heterocycles. The molecule has 4 nitrogen and oxygen atoms in total. The van der Waals surface area contributed by atoms with Crippen LogP contribution in [0.25, 0.3) is 6.08 Å². The van der Waals surface area contributed by atoms with Crippen LogP contribution in [-0.2, 0) is 9.59 Å². The van der Waals surface area contributed by atoms with Crippen LogP contribution in [0.3, 0.4) is 0 Å². The number of rotatable bonds is 6. The fourth-order valence-corrected chi connectivity index (χ4v) is 2.98. The third-order valence-corrected chi connectivity index (χ3v) is 4.31. The predicted molar refractivity (Wildman–Crippen MR) is 91.2 cm³/mol. The van der Waals surface area contributed by atoms with Crippen molar-refractivity contribution < 1.29 is 14.7 Å². The number of hydrogen-bond acceptors (Lipinski definition) is 2. The number of aliphatic carboxylic acids is 1. The molecule has 0 spiro atoms. The number of carboxylic acids is 1. The summed E-state index contributed by atoms with van der Waals surface area (Å²) in [6.45, 7) is 4.99. The van der Waals surface area contributed by atoms with Crippen molar-refractivity contribution in [2.75, 3.05) is 6.54 Å². The molecule has 1 aliphatic rings. The van der Waals surface area contributed by atoms with Crippen LogP contribution in [0, 0.1) is 0 Å². The van der Waals surface area contributed by atoms with Gasteiger partial charge in [0.25, 0.3) is 0 Å². The van der Waals surface area contributed by atoms with Gasteiger partial charge in [-0.3, -0.25) is 9.59 Å². The van der Waals surface area contributed by atoms with Crippen LogP contribution in [-0.4, -0.2) is 34.5 Å². The molecule has 23 heavy (non-hydrogen) atoms. The van der Waals surface area contributed by atoms with Crippen molar-refractivity contribution in [2.24, 2.45) is 0 Å². The second kappa shape index (κ2) is 7.95. The second-order valence-corrected chi connectivity index (χ2v) is 6.41. The van der Waals surface area contributed by atoms with E-state index in [1.807, 2.05) is 12.2 Å². The Labute approximate surface area is 137 Å². The summed E-state index contributed by atoms with van der Waals surface area (Å²) in [4.78, 5) is 24.8. The van der Waals surface area contributed by atoms with Gasteiger partial charge >= 0.3 is 5.97 Å². The molecular formula is C19H25NO3. The lowest BCUT2D eigenvalue weighted by atomic mass is 10.0. The Balaban J connectivity index is 1.89. The number of amides is 1. The van der Waals surface area contributed by atoms with Crippen LogP contribution < -0.4 is 0 Å². The third kappa shape index (κ3) is 4.95. The number of nitrogens with zero attached hydrogens (tertiary/aromatic N) is 1. The predicted octanol–water partition coefficient (Wildman–Crippen LogP) is 3.68. The largest absolute Gasteiger partial charge is 0.481 e. The number of benzene rings is 1. The van der Waals surface area contributed by atoms with Gasteiger partial charge in [0.2, 0.25) is 5.91 Å². The van der Waals surface area contributed by atoms with E-state index in [4.69, 9.17) is 5.11 Å². The summed E-state index contributed by atoms with van der Waals surface area (Å²) in [5.74, 6) is -0.310. The van der Waals surface area contributed by atoms with E-state index in [9.17, 15) is 9.59 Å². The van der Waals surface area contributed by atoms with E-state index in [0.29, 0.717) is 18.9 Å². The van der Waals surface area contributed by atoms with Crippen LogP contribution in [0.4, 0.5) is 0 Å². The summed E-state index contributed by atoms with van der Waals surface area (Å²) in [5.41, 5.74) is 2.37. The molecule has 1 amide bonds. The van der Waals surface area contributed by atoms with Gasteiger partial charge in [0, 0.05) is 19.0 Å². The van der Waals surface area contributed by atoms with Crippen LogP contribution >= 0.6 is 0 Å². The van der Waals surface area contributed by atoms with Gasteiger partial charge in [0.1, 0.15) is 0 Å². The Morgan fingerprint density at radius 3 is 2.61 bits per heavy atom. The third-order valence-electron chi connectivity index (χ3n) is 4.31. The van der Waals surface area contributed by atoms with Gasteiger partial charge in [-0.1, -0.05) is 50.3 Å². The number of hydrogen-bond donors (Lipinski definition) is 1. The van der Waals surface area contributed by atoms with Crippen LogP contribution in [0.2, 0.25) is 0 Å². The van der Waals surface area contributed by atoms with E-state index >= 15 is 0 Å². The van der Waals surface area contributed by atoms with Crippen LogP contribution in [0.5, 0.6) is 0 Å². The van der Waals surface area contributed by atoms with Crippen molar-refractivity contribution in [3.05, 3.63) is 41.5 Å². The molecule has 0 radical (unpaired) electrons. The van der Waals surface area contributed by atoms with Gasteiger partial charge in [-0.15, -0.1) is 0 Å². The lowest BCUT2D eigenvalue weighted by Gasteiger charge is -2.22. The Kier molecular flexibility index (Phi) is 5.97. The normalized spacial score (nSPS) is 18.0. The lowest BCUT2D eigenvalue weighted by molar-refractivity contribution is -0.139. The van der Waals surface area contributed by atoms with Crippen LogP contribution in [0.1, 0.15) is 56.6 Å². The molecular weight excluding hydrogens is 290 g/mol. The van der Waals surface area contributed by atoms with Gasteiger partial charge in [-0.05, 0) is 29.9 Å². The fraction of sp³-hybridized carbons (Fsp3) is 0.474. The van der Waals surface area contributed by atoms with E-state index in [1.165, 1.54) is 5.56 Å². The summed E-state index contributed by atoms with van der Waals surface area (Å²) in [5, 5.41) is 8.91. The molecule has 1 N–H and O–H groups in total.